The van der Waals surface area contributed by atoms with E-state index in [2.05, 4.69) is 13.8 Å². The third kappa shape index (κ3) is 5.47. The Bertz CT molecular complexity index is 145. The van der Waals surface area contributed by atoms with Crippen LogP contribution in [0.5, 0.6) is 0 Å². The van der Waals surface area contributed by atoms with Gasteiger partial charge in [0.2, 0.25) is 0 Å². The molecule has 0 rings (SSSR count). The van der Waals surface area contributed by atoms with E-state index in [1.165, 1.54) is 18.0 Å². The molecule has 0 saturated heterocycles. The van der Waals surface area contributed by atoms with Crippen LogP contribution in [0.3, 0.4) is 0 Å². The van der Waals surface area contributed by atoms with E-state index < -0.39 is 6.09 Å². The van der Waals surface area contributed by atoms with Crippen LogP contribution in [0, 0.1) is 26.9 Å². The predicted molar refractivity (Wildman–Crippen MR) is 51.1 cm³/mol. The molecule has 4 nitrogen and oxygen atoms in total. The van der Waals surface area contributed by atoms with Crippen molar-refractivity contribution in [2.24, 2.45) is 0 Å². The number of amides is 1. The molecule has 0 aromatic rings. The van der Waals surface area contributed by atoms with Crippen LogP contribution in [0.4, 0.5) is 4.79 Å². The van der Waals surface area contributed by atoms with Gasteiger partial charge in [-0.25, -0.2) is 4.79 Å². The summed E-state index contributed by atoms with van der Waals surface area (Å²) >= 11 is 0. The van der Waals surface area contributed by atoms with Crippen LogP contribution in [0.25, 0.3) is 0 Å². The average molecular weight is 184 g/mol. The fourth-order valence-corrected chi connectivity index (χ4v) is 0.614. The molecule has 74 valence electrons. The maximum atomic E-state index is 11.1. The van der Waals surface area contributed by atoms with Gasteiger partial charge in [0.1, 0.15) is 6.61 Å². The molecule has 0 fully saturated rings. The maximum Gasteiger partial charge on any atom is 0.410 e. The molecule has 0 spiro atoms. The molecule has 4 radical (unpaired) electrons. The van der Waals surface area contributed by atoms with E-state index in [4.69, 9.17) is 4.74 Å². The fraction of sp³-hybridized carbons (Fsp3) is 0.444. The van der Waals surface area contributed by atoms with Crippen LogP contribution in [-0.2, 0) is 4.74 Å². The van der Waals surface area contributed by atoms with Gasteiger partial charge >= 0.3 is 6.09 Å². The zero-order chi connectivity index (χ0) is 10.3. The van der Waals surface area contributed by atoms with E-state index >= 15 is 0 Å². The lowest BCUT2D eigenvalue weighted by Crippen LogP contribution is -2.28. The molecular formula is C9H16N2O2. The molecule has 0 bridgehead atoms. The van der Waals surface area contributed by atoms with E-state index in [-0.39, 0.29) is 0 Å². The first kappa shape index (κ1) is 12.2. The summed E-state index contributed by atoms with van der Waals surface area (Å²) < 4.78 is 4.90. The second-order valence-corrected chi connectivity index (χ2v) is 2.69. The van der Waals surface area contributed by atoms with Crippen molar-refractivity contribution >= 4 is 6.09 Å². The van der Waals surface area contributed by atoms with Crippen molar-refractivity contribution in [2.75, 3.05) is 27.2 Å². The SMILES string of the molecule is [CH2][CH]N([CH][CH2])C(=O)OCCN(C)C. The first-order valence-corrected chi connectivity index (χ1v) is 3.96. The second kappa shape index (κ2) is 6.71. The lowest BCUT2D eigenvalue weighted by Gasteiger charge is -2.17. The summed E-state index contributed by atoms with van der Waals surface area (Å²) in [5, 5.41) is 0. The topological polar surface area (TPSA) is 32.8 Å². The normalized spacial score (nSPS) is 10.2. The highest BCUT2D eigenvalue weighted by Gasteiger charge is 2.10. The molecule has 0 saturated carbocycles. The smallest absolute Gasteiger partial charge is 0.410 e. The van der Waals surface area contributed by atoms with Gasteiger partial charge < -0.3 is 9.64 Å². The minimum Gasteiger partial charge on any atom is -0.448 e. The van der Waals surface area contributed by atoms with E-state index in [1.54, 1.807) is 0 Å². The lowest BCUT2D eigenvalue weighted by molar-refractivity contribution is 0.114. The van der Waals surface area contributed by atoms with Crippen molar-refractivity contribution in [3.63, 3.8) is 0 Å². The zero-order valence-electron chi connectivity index (χ0n) is 8.19. The molecule has 0 aromatic carbocycles. The fourth-order valence-electron chi connectivity index (χ4n) is 0.614. The molecule has 1 amide bonds. The number of ether oxygens (including phenoxy) is 1. The quantitative estimate of drug-likeness (QED) is 0.638. The highest BCUT2D eigenvalue weighted by atomic mass is 16.6. The van der Waals surface area contributed by atoms with Gasteiger partial charge in [-0.15, -0.1) is 0 Å². The Kier molecular flexibility index (Phi) is 6.32. The van der Waals surface area contributed by atoms with Crippen molar-refractivity contribution in [1.82, 2.24) is 9.80 Å². The third-order valence-electron chi connectivity index (χ3n) is 1.37. The lowest BCUT2D eigenvalue weighted by atomic mass is 10.5. The van der Waals surface area contributed by atoms with Crippen LogP contribution in [0.1, 0.15) is 0 Å². The van der Waals surface area contributed by atoms with Gasteiger partial charge in [-0.1, -0.05) is 0 Å². The van der Waals surface area contributed by atoms with E-state index in [1.807, 2.05) is 19.0 Å². The molecule has 0 aliphatic carbocycles. The van der Waals surface area contributed by atoms with Crippen molar-refractivity contribution < 1.29 is 9.53 Å². The summed E-state index contributed by atoms with van der Waals surface area (Å²) in [5.41, 5.74) is 0. The highest BCUT2D eigenvalue weighted by molar-refractivity contribution is 5.69. The van der Waals surface area contributed by atoms with Gasteiger partial charge in [0.05, 0.1) is 13.1 Å². The van der Waals surface area contributed by atoms with Gasteiger partial charge in [-0.05, 0) is 27.9 Å². The van der Waals surface area contributed by atoms with Gasteiger partial charge in [0.15, 0.2) is 0 Å². The van der Waals surface area contributed by atoms with E-state index in [0.29, 0.717) is 13.2 Å². The number of nitrogens with zero attached hydrogens (tertiary/aromatic N) is 2. The third-order valence-corrected chi connectivity index (χ3v) is 1.37. The van der Waals surface area contributed by atoms with Crippen molar-refractivity contribution in [3.05, 3.63) is 26.9 Å². The highest BCUT2D eigenvalue weighted by Crippen LogP contribution is 1.98. The number of rotatable bonds is 5. The zero-order valence-corrected chi connectivity index (χ0v) is 8.19. The Hall–Kier alpha value is -0.770. The minimum absolute atomic E-state index is 0.365. The Labute approximate surface area is 80.5 Å². The Morgan fingerprint density at radius 3 is 2.31 bits per heavy atom. The molecule has 0 N–H and O–H groups in total. The molecule has 0 unspecified atom stereocenters. The Balaban J connectivity index is 3.60. The summed E-state index contributed by atoms with van der Waals surface area (Å²) in [5.74, 6) is 0. The number of hydrogen-bond acceptors (Lipinski definition) is 3. The van der Waals surface area contributed by atoms with Gasteiger partial charge in [0, 0.05) is 6.54 Å². The first-order valence-electron chi connectivity index (χ1n) is 3.96. The average Bonchev–Trinajstić information content (AvgIpc) is 2.05. The van der Waals surface area contributed by atoms with Crippen molar-refractivity contribution in [3.8, 4) is 0 Å². The summed E-state index contributed by atoms with van der Waals surface area (Å²) in [6, 6.07) is 0. The van der Waals surface area contributed by atoms with Crippen LogP contribution in [-0.4, -0.2) is 43.1 Å². The van der Waals surface area contributed by atoms with E-state index in [9.17, 15) is 4.79 Å². The molecule has 13 heavy (non-hydrogen) atoms. The molecular weight excluding hydrogens is 168 g/mol. The number of likely N-dealkylation sites (N-methyl/N-ethyl adjacent to an activating group) is 1. The number of hydrogen-bond donors (Lipinski definition) is 0. The molecule has 0 atom stereocenters. The van der Waals surface area contributed by atoms with Crippen LogP contribution in [0.2, 0.25) is 0 Å². The van der Waals surface area contributed by atoms with Gasteiger partial charge in [-0.3, -0.25) is 4.90 Å². The Morgan fingerprint density at radius 2 is 1.92 bits per heavy atom. The molecule has 4 heteroatoms. The van der Waals surface area contributed by atoms with Crippen molar-refractivity contribution in [1.29, 1.82) is 0 Å². The Morgan fingerprint density at radius 1 is 1.38 bits per heavy atom. The standard InChI is InChI=1S/C9H16N2O2/c1-5-11(6-2)9(12)13-8-7-10(3)4/h5-6H,1-2,7-8H2,3-4H3. The van der Waals surface area contributed by atoms with Gasteiger partial charge in [-0.2, -0.15) is 0 Å². The van der Waals surface area contributed by atoms with Crippen molar-refractivity contribution in [2.45, 2.75) is 0 Å². The molecule has 0 aliphatic heterocycles. The predicted octanol–water partition coefficient (Wildman–Crippen LogP) is 0.978. The summed E-state index contributed by atoms with van der Waals surface area (Å²) in [7, 11) is 3.82. The van der Waals surface area contributed by atoms with Crippen LogP contribution in [0.15, 0.2) is 0 Å². The maximum absolute atomic E-state index is 11.1. The number of carbonyl (C=O) groups excluding carboxylic acids is 1. The van der Waals surface area contributed by atoms with Crippen LogP contribution < -0.4 is 0 Å². The first-order chi connectivity index (χ1) is 6.11. The van der Waals surface area contributed by atoms with Crippen LogP contribution >= 0.6 is 0 Å². The number of carbonyl (C=O) groups is 1. The summed E-state index contributed by atoms with van der Waals surface area (Å²) in [6.07, 6.45) is -0.452. The second-order valence-electron chi connectivity index (χ2n) is 2.69. The van der Waals surface area contributed by atoms with Gasteiger partial charge in [0.25, 0.3) is 0 Å². The summed E-state index contributed by atoms with van der Waals surface area (Å²) in [6.45, 7) is 10.7. The molecule has 0 aromatic heterocycles. The monoisotopic (exact) mass is 184 g/mol. The summed E-state index contributed by atoms with van der Waals surface area (Å²) in [4.78, 5) is 14.2. The molecule has 0 aliphatic rings. The minimum atomic E-state index is -0.452. The van der Waals surface area contributed by atoms with E-state index in [0.717, 1.165) is 0 Å². The largest absolute Gasteiger partial charge is 0.448 e. The molecule has 0 heterocycles.